The number of anilines is 2. The first-order chi connectivity index (χ1) is 18.2. The number of carbonyl (C=O) groups excluding carboxylic acids is 3. The van der Waals surface area contributed by atoms with E-state index in [1.807, 2.05) is 37.3 Å². The van der Waals surface area contributed by atoms with E-state index in [1.165, 1.54) is 6.07 Å². The SMILES string of the molecule is Cc1c(Cl)ccc2c1NC(=O)[C@]21N2CCC[C@@H]2[C@@H](C(=O)c2ccc(Cl)cc2Cl)[C@@]12C(=O)Nc1ccccc12. The molecule has 3 aromatic carbocycles. The van der Waals surface area contributed by atoms with Crippen molar-refractivity contribution in [3.05, 3.63) is 91.9 Å². The normalized spacial score (nSPS) is 28.9. The fourth-order valence-corrected chi connectivity index (χ4v) is 8.28. The molecule has 0 radical (unpaired) electrons. The van der Waals surface area contributed by atoms with E-state index in [0.29, 0.717) is 45.5 Å². The fraction of sp³-hybridized carbons (Fsp3) is 0.276. The topological polar surface area (TPSA) is 78.5 Å². The second-order valence-corrected chi connectivity index (χ2v) is 11.7. The van der Waals surface area contributed by atoms with Gasteiger partial charge >= 0.3 is 0 Å². The monoisotopic (exact) mass is 565 g/mol. The van der Waals surface area contributed by atoms with Crippen molar-refractivity contribution in [1.29, 1.82) is 0 Å². The van der Waals surface area contributed by atoms with Gasteiger partial charge in [0.2, 0.25) is 5.91 Å². The molecule has 7 rings (SSSR count). The molecule has 2 amide bonds. The molecule has 9 heteroatoms. The standard InChI is InChI=1S/C29H22Cl3N3O3/c1-14-19(31)11-10-18-24(14)34-27(38)29(18)28(17-5-2-3-6-21(17)33-26(28)37)23(22-7-4-12-35(22)29)25(36)16-9-8-15(30)13-20(16)32/h2-3,5-6,8-11,13,22-23H,4,7,12H2,1H3,(H,33,37)(H,34,38)/t22-,23+,28+,29-/m1/s1. The van der Waals surface area contributed by atoms with Gasteiger partial charge in [-0.1, -0.05) is 59.1 Å². The molecule has 2 spiro atoms. The molecule has 38 heavy (non-hydrogen) atoms. The molecule has 2 saturated heterocycles. The Bertz CT molecular complexity index is 1610. The predicted octanol–water partition coefficient (Wildman–Crippen LogP) is 5.97. The van der Waals surface area contributed by atoms with Gasteiger partial charge in [-0.15, -0.1) is 0 Å². The Morgan fingerprint density at radius 2 is 1.74 bits per heavy atom. The van der Waals surface area contributed by atoms with E-state index in [4.69, 9.17) is 34.8 Å². The van der Waals surface area contributed by atoms with Crippen molar-refractivity contribution in [2.45, 2.75) is 36.8 Å². The molecule has 0 aromatic heterocycles. The van der Waals surface area contributed by atoms with Crippen molar-refractivity contribution in [3.63, 3.8) is 0 Å². The van der Waals surface area contributed by atoms with Gasteiger partial charge in [-0.05, 0) is 67.8 Å². The number of fused-ring (bicyclic) bond motifs is 7. The third kappa shape index (κ3) is 2.67. The third-order valence-corrected chi connectivity index (χ3v) is 9.90. The number of Topliss-reactive ketones (excluding diaryl/α,β-unsaturated/α-hetero) is 1. The first-order valence-electron chi connectivity index (χ1n) is 12.5. The summed E-state index contributed by atoms with van der Waals surface area (Å²) in [6.07, 6.45) is 1.45. The molecule has 4 atom stereocenters. The number of amides is 2. The Balaban J connectivity index is 1.60. The quantitative estimate of drug-likeness (QED) is 0.375. The van der Waals surface area contributed by atoms with Crippen LogP contribution in [0.2, 0.25) is 15.1 Å². The third-order valence-electron chi connectivity index (χ3n) is 8.95. The lowest BCUT2D eigenvalue weighted by molar-refractivity contribution is -0.137. The van der Waals surface area contributed by atoms with Crippen LogP contribution >= 0.6 is 34.8 Å². The molecule has 2 N–H and O–H groups in total. The minimum absolute atomic E-state index is 0.216. The summed E-state index contributed by atoms with van der Waals surface area (Å²) in [5.74, 6) is -1.85. The highest BCUT2D eigenvalue weighted by molar-refractivity contribution is 6.37. The molecule has 0 saturated carbocycles. The maximum absolute atomic E-state index is 14.6. The van der Waals surface area contributed by atoms with Crippen LogP contribution in [0.15, 0.2) is 54.6 Å². The van der Waals surface area contributed by atoms with Crippen molar-refractivity contribution in [2.75, 3.05) is 17.2 Å². The summed E-state index contributed by atoms with van der Waals surface area (Å²) in [5, 5.41) is 7.25. The van der Waals surface area contributed by atoms with Crippen molar-refractivity contribution in [3.8, 4) is 0 Å². The van der Waals surface area contributed by atoms with Crippen LogP contribution < -0.4 is 10.6 Å². The number of para-hydroxylation sites is 1. The molecule has 0 bridgehead atoms. The van der Waals surface area contributed by atoms with Gasteiger partial charge in [-0.3, -0.25) is 19.3 Å². The minimum Gasteiger partial charge on any atom is -0.325 e. The zero-order chi connectivity index (χ0) is 26.6. The number of hydrogen-bond acceptors (Lipinski definition) is 4. The Morgan fingerprint density at radius 3 is 2.53 bits per heavy atom. The van der Waals surface area contributed by atoms with E-state index in [9.17, 15) is 14.4 Å². The highest BCUT2D eigenvalue weighted by Crippen LogP contribution is 2.68. The molecule has 4 aliphatic heterocycles. The lowest BCUT2D eigenvalue weighted by Crippen LogP contribution is -2.62. The number of carbonyl (C=O) groups is 3. The molecular weight excluding hydrogens is 545 g/mol. The van der Waals surface area contributed by atoms with E-state index in [-0.39, 0.29) is 34.2 Å². The number of nitrogens with zero attached hydrogens (tertiary/aromatic N) is 1. The Labute approximate surface area is 234 Å². The van der Waals surface area contributed by atoms with Gasteiger partial charge in [-0.25, -0.2) is 0 Å². The van der Waals surface area contributed by atoms with E-state index in [2.05, 4.69) is 15.5 Å². The minimum atomic E-state index is -1.54. The van der Waals surface area contributed by atoms with Gasteiger partial charge in [0, 0.05) is 32.9 Å². The average molecular weight is 567 g/mol. The number of benzene rings is 3. The molecule has 192 valence electrons. The maximum atomic E-state index is 14.6. The first kappa shape index (κ1) is 24.2. The second-order valence-electron chi connectivity index (χ2n) is 10.4. The zero-order valence-corrected chi connectivity index (χ0v) is 22.5. The molecule has 4 heterocycles. The van der Waals surface area contributed by atoms with Gasteiger partial charge in [0.05, 0.1) is 16.6 Å². The summed E-state index contributed by atoms with van der Waals surface area (Å²) < 4.78 is 0. The molecule has 6 nitrogen and oxygen atoms in total. The van der Waals surface area contributed by atoms with Gasteiger partial charge in [0.15, 0.2) is 5.78 Å². The molecule has 4 aliphatic rings. The summed E-state index contributed by atoms with van der Waals surface area (Å²) in [6.45, 7) is 2.41. The zero-order valence-electron chi connectivity index (χ0n) is 20.3. The average Bonchev–Trinajstić information content (AvgIpc) is 3.60. The number of halogens is 3. The van der Waals surface area contributed by atoms with E-state index in [1.54, 1.807) is 18.2 Å². The summed E-state index contributed by atoms with van der Waals surface area (Å²) in [6, 6.07) is 15.3. The van der Waals surface area contributed by atoms with Crippen LogP contribution in [-0.4, -0.2) is 35.1 Å². The van der Waals surface area contributed by atoms with Gasteiger partial charge in [0.25, 0.3) is 5.91 Å². The Morgan fingerprint density at radius 1 is 0.947 bits per heavy atom. The van der Waals surface area contributed by atoms with Crippen LogP contribution in [0, 0.1) is 12.8 Å². The molecule has 0 unspecified atom stereocenters. The van der Waals surface area contributed by atoms with Crippen molar-refractivity contribution in [1.82, 2.24) is 4.90 Å². The van der Waals surface area contributed by atoms with Crippen LogP contribution in [0.5, 0.6) is 0 Å². The van der Waals surface area contributed by atoms with E-state index < -0.39 is 16.9 Å². The smallest absolute Gasteiger partial charge is 0.251 e. The molecule has 3 aromatic rings. The van der Waals surface area contributed by atoms with Crippen molar-refractivity contribution in [2.24, 2.45) is 5.92 Å². The number of ketones is 1. The second kappa shape index (κ2) is 8.06. The number of nitrogens with one attached hydrogen (secondary N) is 2. The molecule has 2 fully saturated rings. The van der Waals surface area contributed by atoms with Gasteiger partial charge in [0.1, 0.15) is 11.0 Å². The molecular formula is C29H22Cl3N3O3. The highest BCUT2D eigenvalue weighted by atomic mass is 35.5. The largest absolute Gasteiger partial charge is 0.325 e. The van der Waals surface area contributed by atoms with Crippen LogP contribution in [0.3, 0.4) is 0 Å². The van der Waals surface area contributed by atoms with E-state index in [0.717, 1.165) is 12.0 Å². The number of rotatable bonds is 2. The van der Waals surface area contributed by atoms with Crippen LogP contribution in [0.25, 0.3) is 0 Å². The fourth-order valence-electron chi connectivity index (χ4n) is 7.62. The number of hydrogen-bond donors (Lipinski definition) is 2. The van der Waals surface area contributed by atoms with Gasteiger partial charge < -0.3 is 10.6 Å². The maximum Gasteiger partial charge on any atom is 0.251 e. The first-order valence-corrected chi connectivity index (χ1v) is 13.7. The summed E-state index contributed by atoms with van der Waals surface area (Å²) >= 11 is 19.2. The Hall–Kier alpha value is -2.90. The lowest BCUT2D eigenvalue weighted by Gasteiger charge is -2.43. The van der Waals surface area contributed by atoms with Crippen molar-refractivity contribution < 1.29 is 14.4 Å². The summed E-state index contributed by atoms with van der Waals surface area (Å²) in [7, 11) is 0. The van der Waals surface area contributed by atoms with Crippen LogP contribution in [0.1, 0.15) is 39.9 Å². The summed E-state index contributed by atoms with van der Waals surface area (Å²) in [5.41, 5.74) is 0.528. The Kier molecular flexibility index (Phi) is 5.12. The van der Waals surface area contributed by atoms with Crippen LogP contribution in [-0.2, 0) is 20.5 Å². The van der Waals surface area contributed by atoms with E-state index >= 15 is 0 Å². The predicted molar refractivity (Wildman–Crippen MR) is 147 cm³/mol. The molecule has 0 aliphatic carbocycles. The van der Waals surface area contributed by atoms with Crippen LogP contribution in [0.4, 0.5) is 11.4 Å². The van der Waals surface area contributed by atoms with Gasteiger partial charge in [-0.2, -0.15) is 0 Å². The van der Waals surface area contributed by atoms with Crippen molar-refractivity contribution >= 4 is 63.8 Å². The highest BCUT2D eigenvalue weighted by Gasteiger charge is 2.81. The summed E-state index contributed by atoms with van der Waals surface area (Å²) in [4.78, 5) is 45.7. The lowest BCUT2D eigenvalue weighted by atomic mass is 9.57.